The summed E-state index contributed by atoms with van der Waals surface area (Å²) in [6.07, 6.45) is 0.975. The minimum Gasteiger partial charge on any atom is -0.480 e. The molecule has 0 aromatic carbocycles. The summed E-state index contributed by atoms with van der Waals surface area (Å²) in [5.41, 5.74) is -0.866. The van der Waals surface area contributed by atoms with Crippen molar-refractivity contribution in [3.05, 3.63) is 34.2 Å². The van der Waals surface area contributed by atoms with Crippen LogP contribution in [0.2, 0.25) is 0 Å². The van der Waals surface area contributed by atoms with E-state index in [0.29, 0.717) is 11.6 Å². The lowest BCUT2D eigenvalue weighted by atomic mass is 10.3. The Labute approximate surface area is 100 Å². The summed E-state index contributed by atoms with van der Waals surface area (Å²) in [4.78, 5) is 28.2. The quantitative estimate of drug-likeness (QED) is 0.780. The zero-order chi connectivity index (χ0) is 13.1. The molecule has 0 spiro atoms. The summed E-state index contributed by atoms with van der Waals surface area (Å²) in [6, 6.07) is 3.10. The van der Waals surface area contributed by atoms with E-state index in [1.165, 1.54) is 7.11 Å². The number of methoxy groups -OCH3 is 1. The molecule has 0 saturated carbocycles. The van der Waals surface area contributed by atoms with Gasteiger partial charge in [0.15, 0.2) is 5.82 Å². The van der Waals surface area contributed by atoms with E-state index in [1.54, 1.807) is 12.1 Å². The topological polar surface area (TPSA) is 118 Å². The molecule has 8 heteroatoms. The van der Waals surface area contributed by atoms with Crippen molar-refractivity contribution in [1.82, 2.24) is 20.2 Å². The van der Waals surface area contributed by atoms with Gasteiger partial charge in [-0.1, -0.05) is 0 Å². The van der Waals surface area contributed by atoms with E-state index < -0.39 is 17.1 Å². The molecule has 0 amide bonds. The predicted octanol–water partition coefficient (Wildman–Crippen LogP) is -0.0663. The van der Waals surface area contributed by atoms with Crippen molar-refractivity contribution in [1.29, 1.82) is 0 Å². The van der Waals surface area contributed by atoms with E-state index in [9.17, 15) is 9.59 Å². The van der Waals surface area contributed by atoms with Gasteiger partial charge in [0.05, 0.1) is 7.11 Å². The molecular weight excluding hydrogens is 240 g/mol. The number of carboxylic acids is 1. The maximum atomic E-state index is 11.4. The Bertz CT molecular complexity index is 635. The molecule has 0 aliphatic carbocycles. The highest BCUT2D eigenvalue weighted by Gasteiger charge is 2.11. The number of H-pyrrole nitrogens is 1. The first-order chi connectivity index (χ1) is 8.61. The molecule has 2 heterocycles. The van der Waals surface area contributed by atoms with Crippen LogP contribution in [-0.4, -0.2) is 38.4 Å². The van der Waals surface area contributed by atoms with Crippen molar-refractivity contribution >= 4 is 5.97 Å². The number of aromatic carboxylic acids is 1. The van der Waals surface area contributed by atoms with Gasteiger partial charge in [0, 0.05) is 12.3 Å². The SMILES string of the molecule is COc1ccc(-c2ncc(C(=O)O)c(=O)[nH]2)nn1. The maximum Gasteiger partial charge on any atom is 0.342 e. The van der Waals surface area contributed by atoms with Gasteiger partial charge in [-0.25, -0.2) is 9.78 Å². The van der Waals surface area contributed by atoms with E-state index in [0.717, 1.165) is 6.20 Å². The highest BCUT2D eigenvalue weighted by Crippen LogP contribution is 2.11. The molecule has 0 radical (unpaired) electrons. The Hall–Kier alpha value is -2.77. The van der Waals surface area contributed by atoms with Gasteiger partial charge in [0.1, 0.15) is 11.3 Å². The van der Waals surface area contributed by atoms with Crippen LogP contribution in [0.1, 0.15) is 10.4 Å². The first-order valence-corrected chi connectivity index (χ1v) is 4.82. The van der Waals surface area contributed by atoms with Crippen LogP contribution >= 0.6 is 0 Å². The fourth-order valence-corrected chi connectivity index (χ4v) is 1.23. The lowest BCUT2D eigenvalue weighted by Crippen LogP contribution is -2.19. The second kappa shape index (κ2) is 4.62. The summed E-state index contributed by atoms with van der Waals surface area (Å²) in [5, 5.41) is 16.2. The molecule has 0 unspecified atom stereocenters. The summed E-state index contributed by atoms with van der Waals surface area (Å²) in [7, 11) is 1.45. The van der Waals surface area contributed by atoms with Gasteiger partial charge in [0.25, 0.3) is 5.56 Å². The van der Waals surface area contributed by atoms with E-state index >= 15 is 0 Å². The Kier molecular flexibility index (Phi) is 3.00. The molecule has 92 valence electrons. The van der Waals surface area contributed by atoms with Crippen LogP contribution in [0.4, 0.5) is 0 Å². The van der Waals surface area contributed by atoms with Crippen LogP contribution in [0.5, 0.6) is 5.88 Å². The average molecular weight is 248 g/mol. The van der Waals surface area contributed by atoms with Crippen molar-refractivity contribution in [2.45, 2.75) is 0 Å². The third-order valence-electron chi connectivity index (χ3n) is 2.12. The Morgan fingerprint density at radius 2 is 2.17 bits per heavy atom. The number of aromatic nitrogens is 4. The summed E-state index contributed by atoms with van der Waals surface area (Å²) >= 11 is 0. The van der Waals surface area contributed by atoms with E-state index in [1.807, 2.05) is 0 Å². The monoisotopic (exact) mass is 248 g/mol. The molecule has 2 aromatic heterocycles. The number of aromatic amines is 1. The van der Waals surface area contributed by atoms with Gasteiger partial charge < -0.3 is 14.8 Å². The fourth-order valence-electron chi connectivity index (χ4n) is 1.23. The van der Waals surface area contributed by atoms with E-state index in [2.05, 4.69) is 20.2 Å². The number of nitrogens with one attached hydrogen (secondary N) is 1. The zero-order valence-electron chi connectivity index (χ0n) is 9.25. The number of carboxylic acid groups (broad SMARTS) is 1. The van der Waals surface area contributed by atoms with Crippen LogP contribution in [-0.2, 0) is 0 Å². The molecule has 2 aromatic rings. The first kappa shape index (κ1) is 11.7. The van der Waals surface area contributed by atoms with Crippen molar-refractivity contribution in [2.75, 3.05) is 7.11 Å². The van der Waals surface area contributed by atoms with Crippen LogP contribution in [0.3, 0.4) is 0 Å². The third kappa shape index (κ3) is 2.17. The standard InChI is InChI=1S/C10H8N4O4/c1-18-7-3-2-6(13-14-7)8-11-4-5(10(16)17)9(15)12-8/h2-4H,1H3,(H,16,17)(H,11,12,15). The smallest absolute Gasteiger partial charge is 0.342 e. The molecule has 0 fully saturated rings. The summed E-state index contributed by atoms with van der Waals surface area (Å²) in [5.74, 6) is -0.875. The minimum absolute atomic E-state index is 0.139. The second-order valence-electron chi connectivity index (χ2n) is 3.24. The number of ether oxygens (including phenoxy) is 1. The number of nitrogens with zero attached hydrogens (tertiary/aromatic N) is 3. The summed E-state index contributed by atoms with van der Waals surface area (Å²) < 4.78 is 4.84. The van der Waals surface area contributed by atoms with Gasteiger partial charge in [0.2, 0.25) is 5.88 Å². The highest BCUT2D eigenvalue weighted by atomic mass is 16.5. The van der Waals surface area contributed by atoms with Crippen LogP contribution in [0.25, 0.3) is 11.5 Å². The number of rotatable bonds is 3. The van der Waals surface area contributed by atoms with Crippen molar-refractivity contribution in [3.8, 4) is 17.4 Å². The van der Waals surface area contributed by atoms with Crippen LogP contribution in [0, 0.1) is 0 Å². The van der Waals surface area contributed by atoms with Crippen LogP contribution < -0.4 is 10.3 Å². The van der Waals surface area contributed by atoms with Crippen molar-refractivity contribution in [3.63, 3.8) is 0 Å². The van der Waals surface area contributed by atoms with Crippen LogP contribution in [0.15, 0.2) is 23.1 Å². The van der Waals surface area contributed by atoms with Crippen molar-refractivity contribution < 1.29 is 14.6 Å². The molecule has 0 aliphatic rings. The number of hydrogen-bond acceptors (Lipinski definition) is 6. The molecule has 0 saturated heterocycles. The van der Waals surface area contributed by atoms with Gasteiger partial charge in [-0.2, -0.15) is 0 Å². The number of carbonyl (C=O) groups is 1. The van der Waals surface area contributed by atoms with Gasteiger partial charge in [-0.15, -0.1) is 10.2 Å². The zero-order valence-corrected chi connectivity index (χ0v) is 9.25. The second-order valence-corrected chi connectivity index (χ2v) is 3.24. The molecule has 2 N–H and O–H groups in total. The first-order valence-electron chi connectivity index (χ1n) is 4.82. The molecular formula is C10H8N4O4. The maximum absolute atomic E-state index is 11.4. The molecule has 0 aliphatic heterocycles. The normalized spacial score (nSPS) is 10.1. The lowest BCUT2D eigenvalue weighted by Gasteiger charge is -2.01. The highest BCUT2D eigenvalue weighted by molar-refractivity contribution is 5.86. The third-order valence-corrected chi connectivity index (χ3v) is 2.12. The fraction of sp³-hybridized carbons (Fsp3) is 0.100. The minimum atomic E-state index is -1.34. The van der Waals surface area contributed by atoms with E-state index in [4.69, 9.17) is 9.84 Å². The van der Waals surface area contributed by atoms with Gasteiger partial charge >= 0.3 is 5.97 Å². The molecule has 8 nitrogen and oxygen atoms in total. The van der Waals surface area contributed by atoms with Crippen molar-refractivity contribution in [2.24, 2.45) is 0 Å². The predicted molar refractivity (Wildman–Crippen MR) is 59.4 cm³/mol. The molecule has 2 rings (SSSR count). The lowest BCUT2D eigenvalue weighted by molar-refractivity contribution is 0.0694. The largest absolute Gasteiger partial charge is 0.480 e. The molecule has 0 atom stereocenters. The Morgan fingerprint density at radius 3 is 2.67 bits per heavy atom. The Morgan fingerprint density at radius 1 is 1.39 bits per heavy atom. The average Bonchev–Trinajstić information content (AvgIpc) is 2.38. The van der Waals surface area contributed by atoms with E-state index in [-0.39, 0.29) is 5.82 Å². The summed E-state index contributed by atoms with van der Waals surface area (Å²) in [6.45, 7) is 0. The molecule has 0 bridgehead atoms. The van der Waals surface area contributed by atoms with Gasteiger partial charge in [-0.3, -0.25) is 4.79 Å². The number of hydrogen-bond donors (Lipinski definition) is 2. The molecule has 18 heavy (non-hydrogen) atoms. The Balaban J connectivity index is 2.42. The van der Waals surface area contributed by atoms with Gasteiger partial charge in [-0.05, 0) is 6.07 Å².